The quantitative estimate of drug-likeness (QED) is 0.588. The van der Waals surface area contributed by atoms with E-state index >= 15 is 0 Å². The van der Waals surface area contributed by atoms with Gasteiger partial charge in [0.15, 0.2) is 0 Å². The van der Waals surface area contributed by atoms with Crippen LogP contribution in [-0.4, -0.2) is 47.5 Å². The molecule has 0 aromatic carbocycles. The molecule has 7 heteroatoms. The summed E-state index contributed by atoms with van der Waals surface area (Å²) < 4.78 is 0. The van der Waals surface area contributed by atoms with E-state index in [0.29, 0.717) is 5.82 Å². The number of aromatic amines is 1. The van der Waals surface area contributed by atoms with Gasteiger partial charge in [-0.15, -0.1) is 0 Å². The first-order chi connectivity index (χ1) is 7.68. The molecule has 0 spiro atoms. The van der Waals surface area contributed by atoms with Gasteiger partial charge in [-0.3, -0.25) is 4.79 Å². The minimum absolute atomic E-state index is 0.275. The van der Waals surface area contributed by atoms with Crippen molar-refractivity contribution in [1.82, 2.24) is 15.5 Å². The summed E-state index contributed by atoms with van der Waals surface area (Å²) in [5.41, 5.74) is -0.949. The minimum Gasteiger partial charge on any atom is -0.477 e. The summed E-state index contributed by atoms with van der Waals surface area (Å²) in [7, 11) is 0. The van der Waals surface area contributed by atoms with E-state index in [2.05, 4.69) is 15.5 Å². The number of H-pyrrole nitrogens is 1. The summed E-state index contributed by atoms with van der Waals surface area (Å²) >= 11 is 0. The van der Waals surface area contributed by atoms with Crippen LogP contribution in [0.2, 0.25) is 0 Å². The number of piperazine rings is 1. The molecule has 0 atom stereocenters. The number of aromatic nitrogens is 2. The van der Waals surface area contributed by atoms with E-state index in [4.69, 9.17) is 5.11 Å². The predicted molar refractivity (Wildman–Crippen MR) is 56.9 cm³/mol. The third-order valence-electron chi connectivity index (χ3n) is 2.46. The maximum atomic E-state index is 11.2. The maximum absolute atomic E-state index is 11.2. The Morgan fingerprint density at radius 3 is 2.75 bits per heavy atom. The van der Waals surface area contributed by atoms with Crippen LogP contribution in [0.3, 0.4) is 0 Å². The largest absolute Gasteiger partial charge is 0.477 e. The van der Waals surface area contributed by atoms with Crippen molar-refractivity contribution in [3.05, 3.63) is 22.0 Å². The fourth-order valence-electron chi connectivity index (χ4n) is 1.61. The standard InChI is InChI=1S/C9H12N4O3/c14-8-6(9(15)16)5-7(11-12-8)13-3-1-10-2-4-13/h5,10H,1-4H2,(H,12,14)(H,15,16). The Kier molecular flexibility index (Phi) is 2.86. The highest BCUT2D eigenvalue weighted by Gasteiger charge is 2.16. The first-order valence-corrected chi connectivity index (χ1v) is 4.97. The molecular formula is C9H12N4O3. The molecule has 1 saturated heterocycles. The number of carbonyl (C=O) groups is 1. The molecule has 0 aliphatic carbocycles. The summed E-state index contributed by atoms with van der Waals surface area (Å²) in [6, 6.07) is 1.31. The van der Waals surface area contributed by atoms with Gasteiger partial charge >= 0.3 is 5.97 Å². The zero-order valence-electron chi connectivity index (χ0n) is 8.56. The highest BCUT2D eigenvalue weighted by Crippen LogP contribution is 2.09. The smallest absolute Gasteiger partial charge is 0.341 e. The average Bonchev–Trinajstić information content (AvgIpc) is 2.30. The molecule has 16 heavy (non-hydrogen) atoms. The van der Waals surface area contributed by atoms with Crippen LogP contribution in [0, 0.1) is 0 Å². The lowest BCUT2D eigenvalue weighted by Crippen LogP contribution is -2.44. The zero-order valence-corrected chi connectivity index (χ0v) is 8.56. The van der Waals surface area contributed by atoms with Gasteiger partial charge in [0.25, 0.3) is 5.56 Å². The normalized spacial score (nSPS) is 16.1. The molecule has 0 bridgehead atoms. The number of nitrogens with zero attached hydrogens (tertiary/aromatic N) is 2. The van der Waals surface area contributed by atoms with E-state index in [1.165, 1.54) is 6.07 Å². The van der Waals surface area contributed by atoms with E-state index in [1.54, 1.807) is 0 Å². The Hall–Kier alpha value is -1.89. The minimum atomic E-state index is -1.24. The molecule has 1 aromatic heterocycles. The highest BCUT2D eigenvalue weighted by atomic mass is 16.4. The van der Waals surface area contributed by atoms with Crippen molar-refractivity contribution in [3.63, 3.8) is 0 Å². The summed E-state index contributed by atoms with van der Waals surface area (Å²) in [6.45, 7) is 3.14. The van der Waals surface area contributed by atoms with Crippen LogP contribution in [0.4, 0.5) is 5.82 Å². The number of carboxylic acid groups (broad SMARTS) is 1. The third kappa shape index (κ3) is 2.03. The van der Waals surface area contributed by atoms with Gasteiger partial charge < -0.3 is 15.3 Å². The average molecular weight is 224 g/mol. The number of aromatic carboxylic acids is 1. The van der Waals surface area contributed by atoms with Gasteiger partial charge in [0.1, 0.15) is 11.4 Å². The van der Waals surface area contributed by atoms with Crippen LogP contribution < -0.4 is 15.8 Å². The van der Waals surface area contributed by atoms with Crippen molar-refractivity contribution in [3.8, 4) is 0 Å². The molecule has 0 saturated carbocycles. The summed E-state index contributed by atoms with van der Waals surface area (Å²) in [4.78, 5) is 23.9. The molecule has 1 fully saturated rings. The second-order valence-electron chi connectivity index (χ2n) is 3.51. The molecular weight excluding hydrogens is 212 g/mol. The zero-order chi connectivity index (χ0) is 11.5. The molecule has 1 aliphatic rings. The van der Waals surface area contributed by atoms with Crippen LogP contribution in [0.1, 0.15) is 10.4 Å². The van der Waals surface area contributed by atoms with Gasteiger partial charge in [-0.2, -0.15) is 5.10 Å². The van der Waals surface area contributed by atoms with Gasteiger partial charge in [-0.1, -0.05) is 0 Å². The van der Waals surface area contributed by atoms with Crippen LogP contribution in [0.15, 0.2) is 10.9 Å². The second kappa shape index (κ2) is 4.31. The SMILES string of the molecule is O=C(O)c1cc(N2CCNCC2)n[nH]c1=O. The number of hydrogen-bond donors (Lipinski definition) is 3. The Bertz CT molecular complexity index is 450. The van der Waals surface area contributed by atoms with Crippen molar-refractivity contribution in [2.24, 2.45) is 0 Å². The Morgan fingerprint density at radius 1 is 1.44 bits per heavy atom. The van der Waals surface area contributed by atoms with Gasteiger partial charge in [0.05, 0.1) is 0 Å². The Morgan fingerprint density at radius 2 is 2.12 bits per heavy atom. The molecule has 0 radical (unpaired) electrons. The summed E-state index contributed by atoms with van der Waals surface area (Å²) in [5, 5.41) is 18.0. The molecule has 86 valence electrons. The molecule has 1 aliphatic heterocycles. The number of rotatable bonds is 2. The van der Waals surface area contributed by atoms with Crippen LogP contribution in [-0.2, 0) is 0 Å². The third-order valence-corrected chi connectivity index (χ3v) is 2.46. The number of nitrogens with one attached hydrogen (secondary N) is 2. The topological polar surface area (TPSA) is 98.3 Å². The highest BCUT2D eigenvalue weighted by molar-refractivity contribution is 5.87. The molecule has 0 amide bonds. The molecule has 3 N–H and O–H groups in total. The maximum Gasteiger partial charge on any atom is 0.341 e. The van der Waals surface area contributed by atoms with Crippen molar-refractivity contribution in [2.75, 3.05) is 31.1 Å². The Labute approximate surface area is 91.1 Å². The summed E-state index contributed by atoms with van der Waals surface area (Å²) in [6.07, 6.45) is 0. The van der Waals surface area contributed by atoms with Gasteiger partial charge in [-0.05, 0) is 0 Å². The predicted octanol–water partition coefficient (Wildman–Crippen LogP) is -1.12. The van der Waals surface area contributed by atoms with Crippen molar-refractivity contribution in [1.29, 1.82) is 0 Å². The number of carboxylic acids is 1. The lowest BCUT2D eigenvalue weighted by Gasteiger charge is -2.27. The second-order valence-corrected chi connectivity index (χ2v) is 3.51. The van der Waals surface area contributed by atoms with E-state index in [-0.39, 0.29) is 5.56 Å². The molecule has 1 aromatic rings. The monoisotopic (exact) mass is 224 g/mol. The van der Waals surface area contributed by atoms with Gasteiger partial charge in [-0.25, -0.2) is 9.89 Å². The van der Waals surface area contributed by atoms with E-state index in [0.717, 1.165) is 26.2 Å². The van der Waals surface area contributed by atoms with Crippen molar-refractivity contribution in [2.45, 2.75) is 0 Å². The molecule has 2 heterocycles. The van der Waals surface area contributed by atoms with Gasteiger partial charge in [0, 0.05) is 32.2 Å². The van der Waals surface area contributed by atoms with Crippen molar-refractivity contribution >= 4 is 11.8 Å². The number of hydrogen-bond acceptors (Lipinski definition) is 5. The van der Waals surface area contributed by atoms with Crippen molar-refractivity contribution < 1.29 is 9.90 Å². The lowest BCUT2D eigenvalue weighted by molar-refractivity contribution is 0.0694. The van der Waals surface area contributed by atoms with E-state index in [1.807, 2.05) is 4.90 Å². The van der Waals surface area contributed by atoms with Crippen LogP contribution >= 0.6 is 0 Å². The fraction of sp³-hybridized carbons (Fsp3) is 0.444. The first kappa shape index (κ1) is 10.6. The lowest BCUT2D eigenvalue weighted by atomic mass is 10.2. The summed E-state index contributed by atoms with van der Waals surface area (Å²) in [5.74, 6) is -0.737. The van der Waals surface area contributed by atoms with Gasteiger partial charge in [0.2, 0.25) is 0 Å². The van der Waals surface area contributed by atoms with E-state index < -0.39 is 11.5 Å². The molecule has 7 nitrogen and oxygen atoms in total. The molecule has 0 unspecified atom stereocenters. The Balaban J connectivity index is 2.31. The van der Waals surface area contributed by atoms with E-state index in [9.17, 15) is 9.59 Å². The fourth-order valence-corrected chi connectivity index (χ4v) is 1.61. The van der Waals surface area contributed by atoms with Crippen LogP contribution in [0.5, 0.6) is 0 Å². The molecule has 2 rings (SSSR count). The van der Waals surface area contributed by atoms with Crippen LogP contribution in [0.25, 0.3) is 0 Å². The first-order valence-electron chi connectivity index (χ1n) is 4.97. The number of anilines is 1.